The number of phenols is 2. The average Bonchev–Trinajstić information content (AvgIpc) is 2.66. The number of aromatic nitrogens is 2. The van der Waals surface area contributed by atoms with Crippen LogP contribution >= 0.6 is 0 Å². The largest absolute Gasteiger partial charge is 0.503 e. The van der Waals surface area contributed by atoms with Crippen LogP contribution < -0.4 is 0 Å². The second-order valence-electron chi connectivity index (χ2n) is 4.55. The summed E-state index contributed by atoms with van der Waals surface area (Å²) in [4.78, 5) is -0.484. The summed E-state index contributed by atoms with van der Waals surface area (Å²) in [7, 11) is -2.45. The number of nitrogens with zero attached hydrogens (tertiary/aromatic N) is 3. The number of aryl methyl sites for hydroxylation is 2. The summed E-state index contributed by atoms with van der Waals surface area (Å²) in [6.07, 6.45) is 0. The quantitative estimate of drug-likeness (QED) is 0.804. The first-order chi connectivity index (χ1) is 9.71. The van der Waals surface area contributed by atoms with Gasteiger partial charge in [-0.05, 0) is 26.0 Å². The molecule has 2 N–H and O–H groups in total. The molecule has 1 heterocycles. The molecule has 0 atom stereocenters. The van der Waals surface area contributed by atoms with Gasteiger partial charge < -0.3 is 10.2 Å². The van der Waals surface area contributed by atoms with E-state index in [1.54, 1.807) is 27.0 Å². The average molecular weight is 307 g/mol. The van der Waals surface area contributed by atoms with Crippen molar-refractivity contribution in [2.75, 3.05) is 0 Å². The van der Waals surface area contributed by atoms with E-state index in [2.05, 4.69) is 5.10 Å². The van der Waals surface area contributed by atoms with Crippen LogP contribution in [-0.2, 0) is 16.9 Å². The van der Waals surface area contributed by atoms with Crippen LogP contribution in [0.25, 0.3) is 0 Å². The Morgan fingerprint density at radius 1 is 1.24 bits per heavy atom. The van der Waals surface area contributed by atoms with Crippen LogP contribution in [0.2, 0.25) is 0 Å². The summed E-state index contributed by atoms with van der Waals surface area (Å²) in [5, 5.41) is 32.4. The lowest BCUT2D eigenvalue weighted by atomic mass is 10.2. The number of hydrogen-bond donors (Lipinski definition) is 2. The zero-order valence-corrected chi connectivity index (χ0v) is 12.4. The molecule has 7 nitrogen and oxygen atoms in total. The third kappa shape index (κ3) is 2.11. The second-order valence-corrected chi connectivity index (χ2v) is 6.40. The summed E-state index contributed by atoms with van der Waals surface area (Å²) in [5.41, 5.74) is 0.500. The van der Waals surface area contributed by atoms with Crippen LogP contribution in [0.3, 0.4) is 0 Å². The van der Waals surface area contributed by atoms with Gasteiger partial charge in [0.2, 0.25) is 9.84 Å². The molecule has 0 unspecified atom stereocenters. The Hall–Kier alpha value is -2.53. The van der Waals surface area contributed by atoms with Crippen molar-refractivity contribution in [2.24, 2.45) is 7.05 Å². The van der Waals surface area contributed by atoms with Crippen LogP contribution in [0.5, 0.6) is 11.5 Å². The van der Waals surface area contributed by atoms with Crippen molar-refractivity contribution in [3.05, 3.63) is 29.1 Å². The summed E-state index contributed by atoms with van der Waals surface area (Å²) < 4.78 is 26.7. The summed E-state index contributed by atoms with van der Waals surface area (Å²) in [6, 6.07) is 3.89. The maximum Gasteiger partial charge on any atom is 0.214 e. The molecule has 0 radical (unpaired) electrons. The SMILES string of the molecule is Cc1nn(C)c(C)c1S(=O)(=O)c1ccc(C#N)c(O)c1O. The van der Waals surface area contributed by atoms with Gasteiger partial charge in [-0.25, -0.2) is 8.42 Å². The maximum absolute atomic E-state index is 12.7. The first-order valence-corrected chi connectivity index (χ1v) is 7.40. The highest BCUT2D eigenvalue weighted by molar-refractivity contribution is 7.91. The number of nitriles is 1. The molecule has 1 aromatic heterocycles. The molecule has 8 heteroatoms. The molecular weight excluding hydrogens is 294 g/mol. The normalized spacial score (nSPS) is 11.3. The topological polar surface area (TPSA) is 116 Å². The Balaban J connectivity index is 2.78. The summed E-state index contributed by atoms with van der Waals surface area (Å²) in [6.45, 7) is 3.13. The van der Waals surface area contributed by atoms with E-state index >= 15 is 0 Å². The Bertz CT molecular complexity index is 876. The Morgan fingerprint density at radius 3 is 2.33 bits per heavy atom. The number of rotatable bonds is 2. The standard InChI is InChI=1S/C13H13N3O4S/c1-7-13(8(2)16(3)15-7)21(19,20)10-5-4-9(6-14)11(17)12(10)18/h4-5,17-18H,1-3H3. The van der Waals surface area contributed by atoms with Gasteiger partial charge in [-0.1, -0.05) is 0 Å². The van der Waals surface area contributed by atoms with Crippen LogP contribution in [-0.4, -0.2) is 28.4 Å². The monoisotopic (exact) mass is 307 g/mol. The summed E-state index contributed by atoms with van der Waals surface area (Å²) >= 11 is 0. The molecule has 0 amide bonds. The van der Waals surface area contributed by atoms with E-state index in [9.17, 15) is 18.6 Å². The first-order valence-electron chi connectivity index (χ1n) is 5.92. The fraction of sp³-hybridized carbons (Fsp3) is 0.231. The second kappa shape index (κ2) is 4.79. The number of sulfone groups is 1. The van der Waals surface area contributed by atoms with Crippen molar-refractivity contribution in [2.45, 2.75) is 23.6 Å². The number of benzene rings is 1. The van der Waals surface area contributed by atoms with Gasteiger partial charge >= 0.3 is 0 Å². The number of phenolic OH excluding ortho intramolecular Hbond substituents is 2. The molecule has 0 fully saturated rings. The van der Waals surface area contributed by atoms with E-state index in [-0.39, 0.29) is 10.5 Å². The predicted octanol–water partition coefficient (Wildman–Crippen LogP) is 1.15. The van der Waals surface area contributed by atoms with Gasteiger partial charge in [-0.3, -0.25) is 4.68 Å². The predicted molar refractivity (Wildman–Crippen MR) is 72.6 cm³/mol. The molecule has 21 heavy (non-hydrogen) atoms. The molecular formula is C13H13N3O4S. The Labute approximate surface area is 121 Å². The fourth-order valence-electron chi connectivity index (χ4n) is 2.12. The van der Waals surface area contributed by atoms with Gasteiger partial charge in [0.25, 0.3) is 0 Å². The zero-order valence-electron chi connectivity index (χ0n) is 11.6. The van der Waals surface area contributed by atoms with Crippen LogP contribution in [0.4, 0.5) is 0 Å². The Morgan fingerprint density at radius 2 is 1.86 bits per heavy atom. The van der Waals surface area contributed by atoms with Gasteiger partial charge in [-0.2, -0.15) is 10.4 Å². The smallest absolute Gasteiger partial charge is 0.214 e. The lowest BCUT2D eigenvalue weighted by Gasteiger charge is -2.09. The van der Waals surface area contributed by atoms with Gasteiger partial charge in [0.15, 0.2) is 11.5 Å². The molecule has 2 rings (SSSR count). The van der Waals surface area contributed by atoms with Crippen LogP contribution in [0.1, 0.15) is 17.0 Å². The number of aromatic hydroxyl groups is 2. The minimum absolute atomic E-state index is 0.0237. The molecule has 110 valence electrons. The molecule has 0 bridgehead atoms. The molecule has 2 aromatic rings. The van der Waals surface area contributed by atoms with E-state index in [0.29, 0.717) is 11.4 Å². The van der Waals surface area contributed by atoms with Crippen molar-refractivity contribution in [1.82, 2.24) is 9.78 Å². The first kappa shape index (κ1) is 14.9. The summed E-state index contributed by atoms with van der Waals surface area (Å²) in [5.74, 6) is -1.59. The molecule has 0 saturated carbocycles. The van der Waals surface area contributed by atoms with Gasteiger partial charge in [-0.15, -0.1) is 0 Å². The third-order valence-corrected chi connectivity index (χ3v) is 5.27. The zero-order chi connectivity index (χ0) is 15.9. The maximum atomic E-state index is 12.7. The molecule has 0 saturated heterocycles. The van der Waals surface area contributed by atoms with Crippen LogP contribution in [0, 0.1) is 25.2 Å². The van der Waals surface area contributed by atoms with Gasteiger partial charge in [0.1, 0.15) is 15.9 Å². The minimum Gasteiger partial charge on any atom is -0.503 e. The lowest BCUT2D eigenvalue weighted by Crippen LogP contribution is -2.06. The lowest BCUT2D eigenvalue weighted by molar-refractivity contribution is 0.392. The highest BCUT2D eigenvalue weighted by Crippen LogP contribution is 2.38. The Kier molecular flexibility index (Phi) is 3.39. The molecule has 0 spiro atoms. The van der Waals surface area contributed by atoms with Crippen molar-refractivity contribution in [3.8, 4) is 17.6 Å². The van der Waals surface area contributed by atoms with Crippen molar-refractivity contribution in [1.29, 1.82) is 5.26 Å². The molecule has 0 aliphatic carbocycles. The van der Waals surface area contributed by atoms with E-state index < -0.39 is 26.2 Å². The van der Waals surface area contributed by atoms with Crippen molar-refractivity contribution in [3.63, 3.8) is 0 Å². The van der Waals surface area contributed by atoms with Gasteiger partial charge in [0.05, 0.1) is 17.0 Å². The molecule has 1 aromatic carbocycles. The molecule has 0 aliphatic rings. The van der Waals surface area contributed by atoms with E-state index in [4.69, 9.17) is 5.26 Å². The highest BCUT2D eigenvalue weighted by atomic mass is 32.2. The fourth-order valence-corrected chi connectivity index (χ4v) is 3.89. The van der Waals surface area contributed by atoms with E-state index in [1.807, 2.05) is 0 Å². The third-order valence-electron chi connectivity index (χ3n) is 3.24. The van der Waals surface area contributed by atoms with Crippen LogP contribution in [0.15, 0.2) is 21.9 Å². The van der Waals surface area contributed by atoms with Crippen molar-refractivity contribution >= 4 is 9.84 Å². The molecule has 0 aliphatic heterocycles. The van der Waals surface area contributed by atoms with Gasteiger partial charge in [0, 0.05) is 7.05 Å². The van der Waals surface area contributed by atoms with E-state index in [1.165, 1.54) is 4.68 Å². The number of hydrogen-bond acceptors (Lipinski definition) is 6. The van der Waals surface area contributed by atoms with E-state index in [0.717, 1.165) is 12.1 Å². The highest BCUT2D eigenvalue weighted by Gasteiger charge is 2.30. The minimum atomic E-state index is -4.06. The van der Waals surface area contributed by atoms with Crippen molar-refractivity contribution < 1.29 is 18.6 Å².